The van der Waals surface area contributed by atoms with Crippen molar-refractivity contribution in [2.24, 2.45) is 5.92 Å². The SMILES string of the molecule is CCCCNc1nc(N)c2c(n1)C(CCC1CCOCC1)C(=O)N2. The zero-order valence-corrected chi connectivity index (χ0v) is 14.3. The first-order chi connectivity index (χ1) is 11.7. The molecule has 0 spiro atoms. The van der Waals surface area contributed by atoms with Crippen LogP contribution in [0.5, 0.6) is 0 Å². The summed E-state index contributed by atoms with van der Waals surface area (Å²) >= 11 is 0. The minimum atomic E-state index is -0.222. The molecule has 1 aromatic rings. The van der Waals surface area contributed by atoms with E-state index in [1.807, 2.05) is 0 Å². The molecule has 0 saturated carbocycles. The van der Waals surface area contributed by atoms with Crippen LogP contribution in [0.15, 0.2) is 0 Å². The number of aromatic nitrogens is 2. The Labute approximate surface area is 142 Å². The van der Waals surface area contributed by atoms with Gasteiger partial charge < -0.3 is 21.1 Å². The highest BCUT2D eigenvalue weighted by Crippen LogP contribution is 2.39. The molecule has 1 atom stereocenters. The average molecular weight is 333 g/mol. The molecular weight excluding hydrogens is 306 g/mol. The van der Waals surface area contributed by atoms with Gasteiger partial charge in [-0.3, -0.25) is 4.79 Å². The molecule has 0 aliphatic carbocycles. The van der Waals surface area contributed by atoms with Gasteiger partial charge in [-0.2, -0.15) is 4.98 Å². The van der Waals surface area contributed by atoms with Crippen molar-refractivity contribution in [2.45, 2.75) is 51.4 Å². The van der Waals surface area contributed by atoms with Crippen molar-refractivity contribution in [1.82, 2.24) is 9.97 Å². The Bertz CT molecular complexity index is 587. The van der Waals surface area contributed by atoms with Gasteiger partial charge in [-0.05, 0) is 38.0 Å². The number of rotatable bonds is 7. The van der Waals surface area contributed by atoms with E-state index >= 15 is 0 Å². The first-order valence-electron chi connectivity index (χ1n) is 8.99. The number of hydrogen-bond donors (Lipinski definition) is 3. The Kier molecular flexibility index (Phi) is 5.50. The molecule has 0 bridgehead atoms. The van der Waals surface area contributed by atoms with E-state index < -0.39 is 0 Å². The van der Waals surface area contributed by atoms with Gasteiger partial charge in [-0.15, -0.1) is 0 Å². The third-order valence-electron chi connectivity index (χ3n) is 4.88. The molecule has 3 rings (SSSR count). The van der Waals surface area contributed by atoms with Crippen LogP contribution in [0, 0.1) is 5.92 Å². The molecule has 1 saturated heterocycles. The largest absolute Gasteiger partial charge is 0.382 e. The van der Waals surface area contributed by atoms with Gasteiger partial charge in [0.05, 0.1) is 11.6 Å². The van der Waals surface area contributed by atoms with Crippen LogP contribution >= 0.6 is 0 Å². The first-order valence-corrected chi connectivity index (χ1v) is 8.99. The molecule has 0 aromatic carbocycles. The van der Waals surface area contributed by atoms with Crippen LogP contribution in [0.2, 0.25) is 0 Å². The van der Waals surface area contributed by atoms with Crippen molar-refractivity contribution >= 4 is 23.4 Å². The van der Waals surface area contributed by atoms with Gasteiger partial charge in [0.15, 0.2) is 5.82 Å². The van der Waals surface area contributed by atoms with Crippen molar-refractivity contribution < 1.29 is 9.53 Å². The van der Waals surface area contributed by atoms with E-state index in [2.05, 4.69) is 27.5 Å². The molecule has 7 heteroatoms. The van der Waals surface area contributed by atoms with Crippen molar-refractivity contribution in [1.29, 1.82) is 0 Å². The number of amides is 1. The number of nitrogen functional groups attached to an aromatic ring is 1. The molecule has 0 radical (unpaired) electrons. The summed E-state index contributed by atoms with van der Waals surface area (Å²) in [6.07, 6.45) is 6.12. The van der Waals surface area contributed by atoms with Crippen LogP contribution in [0.3, 0.4) is 0 Å². The minimum absolute atomic E-state index is 0.0104. The summed E-state index contributed by atoms with van der Waals surface area (Å²) in [4.78, 5) is 21.2. The van der Waals surface area contributed by atoms with Gasteiger partial charge in [0.1, 0.15) is 5.69 Å². The molecule has 3 heterocycles. The predicted molar refractivity (Wildman–Crippen MR) is 94.0 cm³/mol. The average Bonchev–Trinajstić information content (AvgIpc) is 2.90. The Morgan fingerprint density at radius 3 is 2.83 bits per heavy atom. The molecule has 4 N–H and O–H groups in total. The third kappa shape index (κ3) is 3.77. The second kappa shape index (κ2) is 7.79. The van der Waals surface area contributed by atoms with E-state index in [-0.39, 0.29) is 11.8 Å². The molecule has 1 fully saturated rings. The number of nitrogens with zero attached hydrogens (tertiary/aromatic N) is 2. The van der Waals surface area contributed by atoms with Crippen LogP contribution in [0.4, 0.5) is 17.5 Å². The smallest absolute Gasteiger partial charge is 0.233 e. The van der Waals surface area contributed by atoms with E-state index in [9.17, 15) is 4.79 Å². The summed E-state index contributed by atoms with van der Waals surface area (Å²) in [5.74, 6) is 1.27. The monoisotopic (exact) mass is 333 g/mol. The van der Waals surface area contributed by atoms with Gasteiger partial charge in [-0.25, -0.2) is 4.98 Å². The summed E-state index contributed by atoms with van der Waals surface area (Å²) < 4.78 is 5.40. The summed E-state index contributed by atoms with van der Waals surface area (Å²) in [6.45, 7) is 4.61. The van der Waals surface area contributed by atoms with Gasteiger partial charge >= 0.3 is 0 Å². The Morgan fingerprint density at radius 2 is 2.08 bits per heavy atom. The number of hydrogen-bond acceptors (Lipinski definition) is 6. The van der Waals surface area contributed by atoms with Gasteiger partial charge in [0.25, 0.3) is 0 Å². The third-order valence-corrected chi connectivity index (χ3v) is 4.88. The molecule has 2 aliphatic rings. The highest BCUT2D eigenvalue weighted by atomic mass is 16.5. The Morgan fingerprint density at radius 1 is 1.29 bits per heavy atom. The number of unbranched alkanes of at least 4 members (excludes halogenated alkanes) is 1. The molecule has 132 valence electrons. The summed E-state index contributed by atoms with van der Waals surface area (Å²) in [7, 11) is 0. The van der Waals surface area contributed by atoms with Crippen molar-refractivity contribution in [3.05, 3.63) is 5.69 Å². The van der Waals surface area contributed by atoms with E-state index in [4.69, 9.17) is 10.5 Å². The minimum Gasteiger partial charge on any atom is -0.382 e. The number of nitrogens with one attached hydrogen (secondary N) is 2. The number of fused-ring (bicyclic) bond motifs is 1. The number of carbonyl (C=O) groups is 1. The zero-order valence-electron chi connectivity index (χ0n) is 14.3. The van der Waals surface area contributed by atoms with Crippen LogP contribution in [0.25, 0.3) is 0 Å². The van der Waals surface area contributed by atoms with Crippen LogP contribution < -0.4 is 16.4 Å². The topological polar surface area (TPSA) is 102 Å². The van der Waals surface area contributed by atoms with Crippen molar-refractivity contribution in [2.75, 3.05) is 36.1 Å². The highest BCUT2D eigenvalue weighted by Gasteiger charge is 2.35. The molecule has 24 heavy (non-hydrogen) atoms. The zero-order chi connectivity index (χ0) is 16.9. The number of ether oxygens (including phenoxy) is 1. The van der Waals surface area contributed by atoms with E-state index in [0.717, 1.165) is 64.0 Å². The predicted octanol–water partition coefficient (Wildman–Crippen LogP) is 2.51. The summed E-state index contributed by atoms with van der Waals surface area (Å²) in [5, 5.41) is 6.06. The van der Waals surface area contributed by atoms with E-state index in [0.29, 0.717) is 23.4 Å². The standard InChI is InChI=1S/C17H27N5O2/c1-2-3-8-19-17-21-13-12(5-4-11-6-9-24-10-7-11)16(23)20-14(13)15(18)22-17/h11-12H,2-10H2,1H3,(H,20,23)(H3,18,19,21,22). The van der Waals surface area contributed by atoms with Crippen LogP contribution in [-0.4, -0.2) is 35.6 Å². The van der Waals surface area contributed by atoms with Gasteiger partial charge in [0.2, 0.25) is 11.9 Å². The van der Waals surface area contributed by atoms with E-state index in [1.165, 1.54) is 0 Å². The number of carbonyl (C=O) groups excluding carboxylic acids is 1. The fourth-order valence-electron chi connectivity index (χ4n) is 3.37. The second-order valence-electron chi connectivity index (χ2n) is 6.65. The van der Waals surface area contributed by atoms with E-state index in [1.54, 1.807) is 0 Å². The first kappa shape index (κ1) is 17.0. The second-order valence-corrected chi connectivity index (χ2v) is 6.65. The van der Waals surface area contributed by atoms with Gasteiger partial charge in [-0.1, -0.05) is 13.3 Å². The molecule has 1 unspecified atom stereocenters. The lowest BCUT2D eigenvalue weighted by Crippen LogP contribution is -2.18. The van der Waals surface area contributed by atoms with Crippen molar-refractivity contribution in [3.63, 3.8) is 0 Å². The highest BCUT2D eigenvalue weighted by molar-refractivity contribution is 6.04. The van der Waals surface area contributed by atoms with Crippen molar-refractivity contribution in [3.8, 4) is 0 Å². The molecule has 2 aliphatic heterocycles. The number of anilines is 3. The lowest BCUT2D eigenvalue weighted by molar-refractivity contribution is -0.117. The lowest BCUT2D eigenvalue weighted by atomic mass is 9.89. The molecule has 1 aromatic heterocycles. The Balaban J connectivity index is 1.69. The molecule has 7 nitrogen and oxygen atoms in total. The van der Waals surface area contributed by atoms with Gasteiger partial charge in [0, 0.05) is 19.8 Å². The summed E-state index contributed by atoms with van der Waals surface area (Å²) in [5.41, 5.74) is 7.36. The molecular formula is C17H27N5O2. The normalized spacial score (nSPS) is 20.7. The number of nitrogens with two attached hydrogens (primary N) is 1. The summed E-state index contributed by atoms with van der Waals surface area (Å²) in [6, 6.07) is 0. The maximum absolute atomic E-state index is 12.3. The fourth-order valence-corrected chi connectivity index (χ4v) is 3.37. The lowest BCUT2D eigenvalue weighted by Gasteiger charge is -2.22. The quantitative estimate of drug-likeness (QED) is 0.663. The Hall–Kier alpha value is -1.89. The van der Waals surface area contributed by atoms with Crippen LogP contribution in [0.1, 0.15) is 57.1 Å². The van der Waals surface area contributed by atoms with Crippen LogP contribution in [-0.2, 0) is 9.53 Å². The maximum Gasteiger partial charge on any atom is 0.233 e. The molecule has 1 amide bonds. The maximum atomic E-state index is 12.3. The fraction of sp³-hybridized carbons (Fsp3) is 0.706.